The summed E-state index contributed by atoms with van der Waals surface area (Å²) in [6.07, 6.45) is 0. The Balaban J connectivity index is 2.56. The van der Waals surface area contributed by atoms with E-state index in [-0.39, 0.29) is 5.91 Å². The molecule has 1 N–H and O–H groups in total. The molecular formula is C10H15NO2S. The van der Waals surface area contributed by atoms with Crippen LogP contribution in [0.3, 0.4) is 0 Å². The molecule has 1 aromatic heterocycles. The van der Waals surface area contributed by atoms with Gasteiger partial charge in [0.15, 0.2) is 0 Å². The van der Waals surface area contributed by atoms with Gasteiger partial charge in [-0.2, -0.15) is 0 Å². The Morgan fingerprint density at radius 3 is 2.79 bits per heavy atom. The molecule has 0 aliphatic carbocycles. The third-order valence-corrected chi connectivity index (χ3v) is 2.84. The zero-order valence-electron chi connectivity index (χ0n) is 8.72. The minimum absolute atomic E-state index is 0.0103. The van der Waals surface area contributed by atoms with Gasteiger partial charge in [0.25, 0.3) is 5.91 Å². The number of rotatable bonds is 4. The highest BCUT2D eigenvalue weighted by Gasteiger charge is 2.10. The minimum Gasteiger partial charge on any atom is -0.383 e. The predicted molar refractivity (Wildman–Crippen MR) is 58.0 cm³/mol. The smallest absolute Gasteiger partial charge is 0.252 e. The van der Waals surface area contributed by atoms with E-state index in [1.807, 2.05) is 19.9 Å². The van der Waals surface area contributed by atoms with Crippen molar-refractivity contribution in [1.29, 1.82) is 0 Å². The molecule has 1 aromatic rings. The summed E-state index contributed by atoms with van der Waals surface area (Å²) in [4.78, 5) is 13.8. The average Bonchev–Trinajstić information content (AvgIpc) is 2.45. The van der Waals surface area contributed by atoms with E-state index in [0.717, 1.165) is 10.4 Å². The zero-order valence-corrected chi connectivity index (χ0v) is 9.53. The van der Waals surface area contributed by atoms with Crippen molar-refractivity contribution in [2.24, 2.45) is 0 Å². The number of aryl methyl sites for hydroxylation is 2. The number of nitrogens with one attached hydrogen (secondary N) is 1. The van der Waals surface area contributed by atoms with Gasteiger partial charge in [-0.15, -0.1) is 11.3 Å². The van der Waals surface area contributed by atoms with Crippen LogP contribution in [0.5, 0.6) is 0 Å². The fourth-order valence-corrected chi connectivity index (χ4v) is 2.14. The molecule has 0 aromatic carbocycles. The molecule has 1 heterocycles. The Labute approximate surface area is 88.1 Å². The van der Waals surface area contributed by atoms with Crippen LogP contribution in [0.25, 0.3) is 0 Å². The summed E-state index contributed by atoms with van der Waals surface area (Å²) in [6, 6.07) is 1.92. The minimum atomic E-state index is -0.0103. The molecule has 0 aliphatic rings. The average molecular weight is 213 g/mol. The first kappa shape index (κ1) is 11.2. The van der Waals surface area contributed by atoms with Crippen molar-refractivity contribution in [3.8, 4) is 0 Å². The molecule has 1 rings (SSSR count). The Bertz CT molecular complexity index is 320. The highest BCUT2D eigenvalue weighted by Crippen LogP contribution is 2.20. The summed E-state index contributed by atoms with van der Waals surface area (Å²) in [5, 5.41) is 2.80. The van der Waals surface area contributed by atoms with Gasteiger partial charge in [0.2, 0.25) is 0 Å². The molecule has 0 spiro atoms. The second kappa shape index (κ2) is 5.12. The van der Waals surface area contributed by atoms with Gasteiger partial charge in [-0.1, -0.05) is 0 Å². The number of methoxy groups -OCH3 is 1. The van der Waals surface area contributed by atoms with E-state index in [1.165, 1.54) is 4.88 Å². The van der Waals surface area contributed by atoms with Gasteiger partial charge in [-0.3, -0.25) is 4.79 Å². The lowest BCUT2D eigenvalue weighted by Crippen LogP contribution is -2.26. The van der Waals surface area contributed by atoms with Gasteiger partial charge in [0, 0.05) is 23.4 Å². The van der Waals surface area contributed by atoms with Gasteiger partial charge in [0.1, 0.15) is 0 Å². The molecule has 0 atom stereocenters. The maximum absolute atomic E-state index is 11.6. The molecule has 0 fully saturated rings. The summed E-state index contributed by atoms with van der Waals surface area (Å²) >= 11 is 1.64. The molecule has 78 valence electrons. The Morgan fingerprint density at radius 2 is 2.29 bits per heavy atom. The van der Waals surface area contributed by atoms with Gasteiger partial charge in [0.05, 0.1) is 12.2 Å². The van der Waals surface area contributed by atoms with Crippen molar-refractivity contribution in [3.63, 3.8) is 0 Å². The molecular weight excluding hydrogens is 198 g/mol. The van der Waals surface area contributed by atoms with Crippen molar-refractivity contribution in [2.45, 2.75) is 13.8 Å². The highest BCUT2D eigenvalue weighted by atomic mass is 32.1. The number of carbonyl (C=O) groups is 1. The van der Waals surface area contributed by atoms with Crippen LogP contribution < -0.4 is 5.32 Å². The van der Waals surface area contributed by atoms with Crippen LogP contribution in [-0.2, 0) is 4.74 Å². The van der Waals surface area contributed by atoms with Crippen molar-refractivity contribution in [3.05, 3.63) is 21.4 Å². The highest BCUT2D eigenvalue weighted by molar-refractivity contribution is 7.12. The molecule has 0 radical (unpaired) electrons. The largest absolute Gasteiger partial charge is 0.383 e. The Kier molecular flexibility index (Phi) is 4.10. The number of hydrogen-bond acceptors (Lipinski definition) is 3. The van der Waals surface area contributed by atoms with E-state index in [1.54, 1.807) is 18.4 Å². The molecule has 0 bridgehead atoms. The molecule has 0 saturated heterocycles. The first-order valence-corrected chi connectivity index (χ1v) is 5.31. The summed E-state index contributed by atoms with van der Waals surface area (Å²) in [7, 11) is 1.62. The standard InChI is InChI=1S/C10H15NO2S/c1-7-6-9(8(2)14-7)10(12)11-4-5-13-3/h6H,4-5H2,1-3H3,(H,11,12). The summed E-state index contributed by atoms with van der Waals surface area (Å²) in [6.45, 7) is 5.07. The third-order valence-electron chi connectivity index (χ3n) is 1.88. The molecule has 0 unspecified atom stereocenters. The SMILES string of the molecule is COCCNC(=O)c1cc(C)sc1C. The Hall–Kier alpha value is -0.870. The molecule has 1 amide bonds. The molecule has 14 heavy (non-hydrogen) atoms. The van der Waals surface area contributed by atoms with E-state index in [0.29, 0.717) is 13.2 Å². The van der Waals surface area contributed by atoms with Crippen LogP contribution in [0.15, 0.2) is 6.07 Å². The molecule has 3 nitrogen and oxygen atoms in total. The number of thiophene rings is 1. The number of hydrogen-bond donors (Lipinski definition) is 1. The monoisotopic (exact) mass is 213 g/mol. The normalized spacial score (nSPS) is 10.2. The van der Waals surface area contributed by atoms with E-state index < -0.39 is 0 Å². The van der Waals surface area contributed by atoms with Crippen LogP contribution in [0.1, 0.15) is 20.1 Å². The number of ether oxygens (including phenoxy) is 1. The first-order valence-electron chi connectivity index (χ1n) is 4.49. The number of carbonyl (C=O) groups excluding carboxylic acids is 1. The maximum Gasteiger partial charge on any atom is 0.252 e. The van der Waals surface area contributed by atoms with Crippen LogP contribution in [0.4, 0.5) is 0 Å². The summed E-state index contributed by atoms with van der Waals surface area (Å²) < 4.78 is 4.85. The molecule has 0 aliphatic heterocycles. The Morgan fingerprint density at radius 1 is 1.57 bits per heavy atom. The lowest BCUT2D eigenvalue weighted by molar-refractivity contribution is 0.0937. The van der Waals surface area contributed by atoms with Crippen molar-refractivity contribution in [1.82, 2.24) is 5.32 Å². The quantitative estimate of drug-likeness (QED) is 0.774. The summed E-state index contributed by atoms with van der Waals surface area (Å²) in [5.74, 6) is -0.0103. The van der Waals surface area contributed by atoms with E-state index in [2.05, 4.69) is 5.32 Å². The van der Waals surface area contributed by atoms with E-state index in [9.17, 15) is 4.79 Å². The van der Waals surface area contributed by atoms with Crippen LogP contribution in [0, 0.1) is 13.8 Å². The van der Waals surface area contributed by atoms with Crippen LogP contribution >= 0.6 is 11.3 Å². The second-order valence-electron chi connectivity index (χ2n) is 3.08. The van der Waals surface area contributed by atoms with E-state index >= 15 is 0 Å². The topological polar surface area (TPSA) is 38.3 Å². The lowest BCUT2D eigenvalue weighted by Gasteiger charge is -2.03. The molecule has 0 saturated carbocycles. The first-order chi connectivity index (χ1) is 6.65. The third kappa shape index (κ3) is 2.82. The second-order valence-corrected chi connectivity index (χ2v) is 4.54. The van der Waals surface area contributed by atoms with E-state index in [4.69, 9.17) is 4.74 Å². The zero-order chi connectivity index (χ0) is 10.6. The van der Waals surface area contributed by atoms with Gasteiger partial charge < -0.3 is 10.1 Å². The van der Waals surface area contributed by atoms with Crippen molar-refractivity contribution >= 4 is 17.2 Å². The predicted octanol–water partition coefficient (Wildman–Crippen LogP) is 1.74. The van der Waals surface area contributed by atoms with Crippen molar-refractivity contribution < 1.29 is 9.53 Å². The molecule has 4 heteroatoms. The van der Waals surface area contributed by atoms with Gasteiger partial charge >= 0.3 is 0 Å². The maximum atomic E-state index is 11.6. The number of amides is 1. The van der Waals surface area contributed by atoms with Gasteiger partial charge in [-0.25, -0.2) is 0 Å². The van der Waals surface area contributed by atoms with Crippen LogP contribution in [-0.4, -0.2) is 26.2 Å². The van der Waals surface area contributed by atoms with Crippen LogP contribution in [0.2, 0.25) is 0 Å². The fourth-order valence-electron chi connectivity index (χ4n) is 1.22. The van der Waals surface area contributed by atoms with Gasteiger partial charge in [-0.05, 0) is 19.9 Å². The van der Waals surface area contributed by atoms with Crippen molar-refractivity contribution in [2.75, 3.05) is 20.3 Å². The fraction of sp³-hybridized carbons (Fsp3) is 0.500. The lowest BCUT2D eigenvalue weighted by atomic mass is 10.2. The summed E-state index contributed by atoms with van der Waals surface area (Å²) in [5.41, 5.74) is 0.781.